The largest absolute Gasteiger partial charge is 0.534 e. The molecule has 2 aromatic rings. The number of hydrogen-bond acceptors (Lipinski definition) is 5. The summed E-state index contributed by atoms with van der Waals surface area (Å²) in [5, 5.41) is 0.542. The molecule has 5 nitrogen and oxygen atoms in total. The summed E-state index contributed by atoms with van der Waals surface area (Å²) in [6.07, 6.45) is 3.77. The Labute approximate surface area is 99.4 Å². The molecule has 0 amide bonds. The Morgan fingerprint density at radius 1 is 1.17 bits per heavy atom. The van der Waals surface area contributed by atoms with Crippen molar-refractivity contribution < 1.29 is 25.8 Å². The second-order valence-corrected chi connectivity index (χ2v) is 4.73. The summed E-state index contributed by atoms with van der Waals surface area (Å²) >= 11 is 0. The van der Waals surface area contributed by atoms with Gasteiger partial charge in [-0.05, 0) is 12.1 Å². The van der Waals surface area contributed by atoms with Crippen LogP contribution in [-0.4, -0.2) is 23.9 Å². The van der Waals surface area contributed by atoms with Crippen molar-refractivity contribution in [2.75, 3.05) is 0 Å². The number of pyridine rings is 2. The fourth-order valence-corrected chi connectivity index (χ4v) is 1.64. The van der Waals surface area contributed by atoms with E-state index >= 15 is 0 Å². The number of nitrogens with zero attached hydrogens (tertiary/aromatic N) is 2. The van der Waals surface area contributed by atoms with Gasteiger partial charge < -0.3 is 4.18 Å². The minimum absolute atomic E-state index is 0.125. The first-order valence-corrected chi connectivity index (χ1v) is 5.91. The molecular weight excluding hydrogens is 273 g/mol. The highest BCUT2D eigenvalue weighted by Crippen LogP contribution is 2.29. The van der Waals surface area contributed by atoms with Crippen LogP contribution in [0.2, 0.25) is 0 Å². The summed E-state index contributed by atoms with van der Waals surface area (Å²) in [4.78, 5) is 7.22. The molecule has 0 N–H and O–H groups in total. The van der Waals surface area contributed by atoms with E-state index in [1.807, 2.05) is 0 Å². The zero-order chi connectivity index (χ0) is 13.4. The van der Waals surface area contributed by atoms with Crippen LogP contribution >= 0.6 is 0 Å². The van der Waals surface area contributed by atoms with Crippen molar-refractivity contribution in [3.05, 3.63) is 30.7 Å². The lowest BCUT2D eigenvalue weighted by Crippen LogP contribution is -2.28. The van der Waals surface area contributed by atoms with Gasteiger partial charge in [0, 0.05) is 29.4 Å². The van der Waals surface area contributed by atoms with Crippen LogP contribution in [0.3, 0.4) is 0 Å². The lowest BCUT2D eigenvalue weighted by atomic mass is 10.2. The molecule has 0 fully saturated rings. The molecule has 0 unspecified atom stereocenters. The van der Waals surface area contributed by atoms with E-state index in [1.165, 1.54) is 24.5 Å². The molecule has 2 rings (SSSR count). The molecule has 96 valence electrons. The average Bonchev–Trinajstić information content (AvgIpc) is 2.27. The summed E-state index contributed by atoms with van der Waals surface area (Å²) in [6.45, 7) is 0. The molecule has 0 aromatic carbocycles. The molecule has 2 heterocycles. The van der Waals surface area contributed by atoms with Gasteiger partial charge in [0.1, 0.15) is 0 Å². The summed E-state index contributed by atoms with van der Waals surface area (Å²) < 4.78 is 62.2. The van der Waals surface area contributed by atoms with E-state index in [9.17, 15) is 21.6 Å². The van der Waals surface area contributed by atoms with E-state index < -0.39 is 21.5 Å². The first-order chi connectivity index (χ1) is 8.31. The summed E-state index contributed by atoms with van der Waals surface area (Å²) in [5.74, 6) is -0.632. The number of alkyl halides is 3. The van der Waals surface area contributed by atoms with Crippen LogP contribution in [0.4, 0.5) is 13.2 Å². The van der Waals surface area contributed by atoms with E-state index in [0.29, 0.717) is 5.39 Å². The monoisotopic (exact) mass is 278 g/mol. The minimum Gasteiger partial charge on any atom is -0.355 e. The van der Waals surface area contributed by atoms with Gasteiger partial charge in [-0.1, -0.05) is 0 Å². The fourth-order valence-electron chi connectivity index (χ4n) is 1.21. The van der Waals surface area contributed by atoms with Gasteiger partial charge in [-0.15, -0.1) is 0 Å². The lowest BCUT2D eigenvalue weighted by molar-refractivity contribution is -0.0500. The van der Waals surface area contributed by atoms with Gasteiger partial charge in [0.05, 0.1) is 0 Å². The molecule has 0 saturated heterocycles. The standard InChI is InChI=1S/C9H5F3N2O3S/c10-9(11,12)18(15,16)17-8-7-2-3-13-5-6(7)1-4-14-8/h1-5H. The van der Waals surface area contributed by atoms with Gasteiger partial charge in [0.2, 0.25) is 5.88 Å². The molecule has 2 aromatic heterocycles. The van der Waals surface area contributed by atoms with Crippen LogP contribution in [0, 0.1) is 0 Å². The number of rotatable bonds is 2. The van der Waals surface area contributed by atoms with Crippen molar-refractivity contribution in [1.29, 1.82) is 0 Å². The molecule has 0 aliphatic heterocycles. The van der Waals surface area contributed by atoms with Gasteiger partial charge in [0.15, 0.2) is 0 Å². The first kappa shape index (κ1) is 12.6. The zero-order valence-electron chi connectivity index (χ0n) is 8.55. The molecule has 0 aliphatic carbocycles. The van der Waals surface area contributed by atoms with E-state index in [-0.39, 0.29) is 5.39 Å². The summed E-state index contributed by atoms with van der Waals surface area (Å²) in [5.41, 5.74) is -5.50. The van der Waals surface area contributed by atoms with Crippen molar-refractivity contribution in [3.8, 4) is 5.88 Å². The maximum atomic E-state index is 12.2. The Morgan fingerprint density at radius 3 is 2.56 bits per heavy atom. The van der Waals surface area contributed by atoms with Crippen LogP contribution in [-0.2, 0) is 10.1 Å². The molecule has 9 heteroatoms. The average molecular weight is 278 g/mol. The van der Waals surface area contributed by atoms with Crippen molar-refractivity contribution >= 4 is 20.9 Å². The molecule has 0 radical (unpaired) electrons. The van der Waals surface area contributed by atoms with Crippen molar-refractivity contribution in [3.63, 3.8) is 0 Å². The minimum atomic E-state index is -5.73. The smallest absolute Gasteiger partial charge is 0.355 e. The second-order valence-electron chi connectivity index (χ2n) is 3.20. The van der Waals surface area contributed by atoms with E-state index in [2.05, 4.69) is 14.2 Å². The zero-order valence-corrected chi connectivity index (χ0v) is 9.36. The first-order valence-electron chi connectivity index (χ1n) is 4.51. The maximum Gasteiger partial charge on any atom is 0.534 e. The Kier molecular flexibility index (Phi) is 2.85. The van der Waals surface area contributed by atoms with Crippen molar-refractivity contribution in [1.82, 2.24) is 9.97 Å². The second kappa shape index (κ2) is 4.09. The highest BCUT2D eigenvalue weighted by molar-refractivity contribution is 7.88. The molecule has 0 aliphatic rings. The third kappa shape index (κ3) is 2.21. The quantitative estimate of drug-likeness (QED) is 0.619. The Bertz CT molecular complexity index is 680. The lowest BCUT2D eigenvalue weighted by Gasteiger charge is -2.09. The van der Waals surface area contributed by atoms with Gasteiger partial charge in [0.25, 0.3) is 0 Å². The third-order valence-electron chi connectivity index (χ3n) is 2.00. The molecule has 18 heavy (non-hydrogen) atoms. The predicted molar refractivity (Wildman–Crippen MR) is 55.1 cm³/mol. The van der Waals surface area contributed by atoms with Gasteiger partial charge in [-0.25, -0.2) is 4.98 Å². The van der Waals surface area contributed by atoms with Crippen molar-refractivity contribution in [2.24, 2.45) is 0 Å². The van der Waals surface area contributed by atoms with E-state index in [0.717, 1.165) is 6.20 Å². The van der Waals surface area contributed by atoms with Crippen LogP contribution in [0.1, 0.15) is 0 Å². The molecular formula is C9H5F3N2O3S. The van der Waals surface area contributed by atoms with E-state index in [4.69, 9.17) is 0 Å². The molecule has 0 saturated carbocycles. The Morgan fingerprint density at radius 2 is 1.89 bits per heavy atom. The van der Waals surface area contributed by atoms with Gasteiger partial charge in [-0.2, -0.15) is 21.6 Å². The topological polar surface area (TPSA) is 69.2 Å². The van der Waals surface area contributed by atoms with Gasteiger partial charge >= 0.3 is 15.6 Å². The number of aromatic nitrogens is 2. The predicted octanol–water partition coefficient (Wildman–Crippen LogP) is 1.86. The number of fused-ring (bicyclic) bond motifs is 1. The normalized spacial score (nSPS) is 12.6. The van der Waals surface area contributed by atoms with Crippen LogP contribution in [0.25, 0.3) is 10.8 Å². The fraction of sp³-hybridized carbons (Fsp3) is 0.111. The Hall–Kier alpha value is -1.90. The SMILES string of the molecule is O=S(=O)(Oc1nccc2cnccc12)C(F)(F)F. The van der Waals surface area contributed by atoms with Crippen LogP contribution < -0.4 is 4.18 Å². The van der Waals surface area contributed by atoms with Crippen LogP contribution in [0.15, 0.2) is 30.7 Å². The van der Waals surface area contributed by atoms with E-state index in [1.54, 1.807) is 0 Å². The maximum absolute atomic E-state index is 12.2. The van der Waals surface area contributed by atoms with Crippen molar-refractivity contribution in [2.45, 2.75) is 5.51 Å². The summed E-state index contributed by atoms with van der Waals surface area (Å²) in [6, 6.07) is 2.78. The Balaban J connectivity index is 2.51. The summed E-state index contributed by atoms with van der Waals surface area (Å²) in [7, 11) is -5.73. The van der Waals surface area contributed by atoms with Gasteiger partial charge in [-0.3, -0.25) is 4.98 Å². The highest BCUT2D eigenvalue weighted by Gasteiger charge is 2.49. The molecule has 0 atom stereocenters. The molecule has 0 bridgehead atoms. The number of halogens is 3. The van der Waals surface area contributed by atoms with Crippen LogP contribution in [0.5, 0.6) is 5.88 Å². The third-order valence-corrected chi connectivity index (χ3v) is 2.94. The molecule has 0 spiro atoms. The highest BCUT2D eigenvalue weighted by atomic mass is 32.2. The number of hydrogen-bond donors (Lipinski definition) is 0.